The van der Waals surface area contributed by atoms with Crippen molar-refractivity contribution in [3.05, 3.63) is 105 Å². The van der Waals surface area contributed by atoms with Crippen molar-refractivity contribution in [2.75, 3.05) is 7.05 Å². The highest BCUT2D eigenvalue weighted by molar-refractivity contribution is 6.42. The first-order valence-corrected chi connectivity index (χ1v) is 11.2. The number of aliphatic hydroxyl groups excluding tert-OH is 1. The van der Waals surface area contributed by atoms with E-state index in [4.69, 9.17) is 33.4 Å². The summed E-state index contributed by atoms with van der Waals surface area (Å²) >= 11 is 12.2. The topological polar surface area (TPSA) is 69.6 Å². The third-order valence-corrected chi connectivity index (χ3v) is 6.85. The molecule has 0 saturated heterocycles. The molecule has 3 aromatic carbocycles. The van der Waals surface area contributed by atoms with Gasteiger partial charge in [0.05, 0.1) is 10.0 Å². The Morgan fingerprint density at radius 3 is 2.31 bits per heavy atom. The quantitative estimate of drug-likeness (QED) is 0.426. The maximum Gasteiger partial charge on any atom is 0.337 e. The fourth-order valence-corrected chi connectivity index (χ4v) is 4.45. The Bertz CT molecular complexity index is 1070. The molecule has 3 aromatic rings. The van der Waals surface area contributed by atoms with Gasteiger partial charge in [-0.3, -0.25) is 0 Å². The maximum absolute atomic E-state index is 10.2. The van der Waals surface area contributed by atoms with Crippen LogP contribution in [-0.4, -0.2) is 23.2 Å². The summed E-state index contributed by atoms with van der Waals surface area (Å²) in [4.78, 5) is 10.2. The molecule has 168 valence electrons. The molecule has 0 aromatic heterocycles. The molecule has 0 heterocycles. The van der Waals surface area contributed by atoms with Gasteiger partial charge >= 0.3 is 5.97 Å². The van der Waals surface area contributed by atoms with Gasteiger partial charge in [0, 0.05) is 11.5 Å². The average Bonchev–Trinajstić information content (AvgIpc) is 2.82. The highest BCUT2D eigenvalue weighted by atomic mass is 35.5. The lowest BCUT2D eigenvalue weighted by Crippen LogP contribution is -2.40. The summed E-state index contributed by atoms with van der Waals surface area (Å²) in [5, 5.41) is 22.1. The number of aliphatic hydroxyl groups is 1. The zero-order valence-electron chi connectivity index (χ0n) is 18.1. The van der Waals surface area contributed by atoms with Crippen LogP contribution in [0.25, 0.3) is 0 Å². The first-order valence-electron chi connectivity index (χ1n) is 10.5. The van der Waals surface area contributed by atoms with E-state index >= 15 is 0 Å². The molecule has 0 aliphatic heterocycles. The molecular weight excluding hydrogens is 445 g/mol. The standard InChI is InChI=1S/C18H19Cl2N.C8H8O3/c1-18(21-2)10-9-13(14-5-3-4-6-15(14)18)12-7-8-16(19)17(20)11-12;9-7(8(10)11)6-4-2-1-3-5-6/h3-8,11,13,21H,9-10H2,1-2H3;1-5,7,9H,(H,10,11)/t13-,18-;/m0./s1. The Hall–Kier alpha value is -2.37. The molecule has 4 rings (SSSR count). The number of hydrogen-bond donors (Lipinski definition) is 3. The fraction of sp³-hybridized carbons (Fsp3) is 0.269. The average molecular weight is 472 g/mol. The molecule has 1 aliphatic carbocycles. The number of benzene rings is 3. The maximum atomic E-state index is 10.2. The predicted molar refractivity (Wildman–Crippen MR) is 129 cm³/mol. The largest absolute Gasteiger partial charge is 0.479 e. The normalized spacial score (nSPS) is 20.5. The number of aliphatic carboxylic acids is 1. The van der Waals surface area contributed by atoms with Gasteiger partial charge in [-0.1, -0.05) is 83.9 Å². The molecule has 0 saturated carbocycles. The molecule has 0 fully saturated rings. The third kappa shape index (κ3) is 5.33. The number of nitrogens with one attached hydrogen (secondary N) is 1. The molecular formula is C26H27Cl2NO3. The van der Waals surface area contributed by atoms with Crippen LogP contribution in [-0.2, 0) is 10.3 Å². The number of carboxylic acid groups (broad SMARTS) is 1. The van der Waals surface area contributed by atoms with Crippen molar-refractivity contribution in [3.63, 3.8) is 0 Å². The Morgan fingerprint density at radius 1 is 1.03 bits per heavy atom. The van der Waals surface area contributed by atoms with Crippen LogP contribution in [0.5, 0.6) is 0 Å². The number of rotatable bonds is 4. The van der Waals surface area contributed by atoms with E-state index in [1.807, 2.05) is 19.2 Å². The van der Waals surface area contributed by atoms with Crippen LogP contribution in [0.2, 0.25) is 10.0 Å². The van der Waals surface area contributed by atoms with Crippen LogP contribution in [0.15, 0.2) is 72.8 Å². The Morgan fingerprint density at radius 2 is 1.69 bits per heavy atom. The summed E-state index contributed by atoms with van der Waals surface area (Å²) in [6.07, 6.45) is 0.800. The van der Waals surface area contributed by atoms with E-state index in [-0.39, 0.29) is 5.54 Å². The minimum Gasteiger partial charge on any atom is -0.479 e. The molecule has 1 unspecified atom stereocenters. The second-order valence-electron chi connectivity index (χ2n) is 8.09. The molecule has 0 bridgehead atoms. The Labute approximate surface area is 198 Å². The van der Waals surface area contributed by atoms with E-state index in [0.29, 0.717) is 21.5 Å². The lowest BCUT2D eigenvalue weighted by Gasteiger charge is -2.39. The molecule has 0 spiro atoms. The van der Waals surface area contributed by atoms with Crippen LogP contribution < -0.4 is 5.32 Å². The summed E-state index contributed by atoms with van der Waals surface area (Å²) in [6.45, 7) is 2.27. The number of hydrogen-bond acceptors (Lipinski definition) is 3. The Balaban J connectivity index is 0.000000222. The van der Waals surface area contributed by atoms with Gasteiger partial charge in [-0.25, -0.2) is 4.79 Å². The summed E-state index contributed by atoms with van der Waals surface area (Å²) in [7, 11) is 2.04. The Kier molecular flexibility index (Phi) is 7.96. The molecule has 0 radical (unpaired) electrons. The van der Waals surface area contributed by atoms with Gasteiger partial charge in [-0.2, -0.15) is 0 Å². The monoisotopic (exact) mass is 471 g/mol. The third-order valence-electron chi connectivity index (χ3n) is 6.11. The van der Waals surface area contributed by atoms with Gasteiger partial charge in [0.25, 0.3) is 0 Å². The molecule has 3 atom stereocenters. The summed E-state index contributed by atoms with van der Waals surface area (Å²) in [5.74, 6) is -0.839. The lowest BCUT2D eigenvalue weighted by molar-refractivity contribution is -0.146. The van der Waals surface area contributed by atoms with Crippen molar-refractivity contribution in [1.82, 2.24) is 5.32 Å². The zero-order valence-corrected chi connectivity index (χ0v) is 19.6. The van der Waals surface area contributed by atoms with Crippen molar-refractivity contribution >= 4 is 29.2 Å². The van der Waals surface area contributed by atoms with Crippen molar-refractivity contribution in [2.45, 2.75) is 37.3 Å². The van der Waals surface area contributed by atoms with Crippen molar-refractivity contribution in [3.8, 4) is 0 Å². The van der Waals surface area contributed by atoms with E-state index in [1.54, 1.807) is 30.3 Å². The van der Waals surface area contributed by atoms with Crippen LogP contribution in [0.3, 0.4) is 0 Å². The molecule has 0 amide bonds. The summed E-state index contributed by atoms with van der Waals surface area (Å²) in [5.41, 5.74) is 4.47. The highest BCUT2D eigenvalue weighted by Crippen LogP contribution is 2.44. The number of halogens is 2. The molecule has 4 nitrogen and oxygen atoms in total. The molecule has 3 N–H and O–H groups in total. The highest BCUT2D eigenvalue weighted by Gasteiger charge is 2.35. The first kappa shape index (κ1) is 24.3. The second kappa shape index (κ2) is 10.5. The molecule has 6 heteroatoms. The number of carboxylic acids is 1. The van der Waals surface area contributed by atoms with E-state index in [1.165, 1.54) is 16.7 Å². The van der Waals surface area contributed by atoms with Gasteiger partial charge in [-0.15, -0.1) is 0 Å². The summed E-state index contributed by atoms with van der Waals surface area (Å²) < 4.78 is 0. The van der Waals surface area contributed by atoms with Gasteiger partial charge in [0.15, 0.2) is 6.10 Å². The van der Waals surface area contributed by atoms with Crippen LogP contribution in [0.1, 0.15) is 54.0 Å². The number of fused-ring (bicyclic) bond motifs is 1. The van der Waals surface area contributed by atoms with Gasteiger partial charge in [0.1, 0.15) is 0 Å². The van der Waals surface area contributed by atoms with E-state index in [9.17, 15) is 4.79 Å². The van der Waals surface area contributed by atoms with E-state index in [2.05, 4.69) is 42.6 Å². The smallest absolute Gasteiger partial charge is 0.337 e. The predicted octanol–water partition coefficient (Wildman–Crippen LogP) is 6.16. The van der Waals surface area contributed by atoms with Crippen LogP contribution in [0.4, 0.5) is 0 Å². The number of carbonyl (C=O) groups is 1. The van der Waals surface area contributed by atoms with Gasteiger partial charge < -0.3 is 15.5 Å². The van der Waals surface area contributed by atoms with Crippen LogP contribution >= 0.6 is 23.2 Å². The second-order valence-corrected chi connectivity index (χ2v) is 8.90. The van der Waals surface area contributed by atoms with Crippen LogP contribution in [0, 0.1) is 0 Å². The summed E-state index contributed by atoms with van der Waals surface area (Å²) in [6, 6.07) is 23.0. The van der Waals surface area contributed by atoms with Crippen molar-refractivity contribution < 1.29 is 15.0 Å². The van der Waals surface area contributed by atoms with Gasteiger partial charge in [0.2, 0.25) is 0 Å². The zero-order chi connectivity index (χ0) is 23.3. The SMILES string of the molecule is CN[C@@]1(C)CC[C@@H](c2ccc(Cl)c(Cl)c2)c2ccccc21.O=C(O)C(O)c1ccccc1. The molecule has 32 heavy (non-hydrogen) atoms. The minimum atomic E-state index is -1.41. The van der Waals surface area contributed by atoms with Crippen molar-refractivity contribution in [2.24, 2.45) is 0 Å². The fourth-order valence-electron chi connectivity index (χ4n) is 4.14. The van der Waals surface area contributed by atoms with E-state index < -0.39 is 12.1 Å². The first-order chi connectivity index (χ1) is 15.3. The minimum absolute atomic E-state index is 0.0450. The van der Waals surface area contributed by atoms with Crippen molar-refractivity contribution in [1.29, 1.82) is 0 Å². The molecule has 1 aliphatic rings. The van der Waals surface area contributed by atoms with Gasteiger partial charge in [-0.05, 0) is 61.2 Å². The lowest BCUT2D eigenvalue weighted by atomic mass is 9.71. The van der Waals surface area contributed by atoms with E-state index in [0.717, 1.165) is 12.8 Å².